The lowest BCUT2D eigenvalue weighted by Gasteiger charge is -2.10. The standard InChI is InChI=1S/C21H18N2O4/c1-14-4-2-5-17(12-14)27-16-10-8-15(9-11-16)23-21(26)18-6-3-7-19(20(18)25)22-13-24/h2-13,25H,1H3,(H,22,24)(H,23,26). The number of phenols is 1. The number of amides is 2. The van der Waals surface area contributed by atoms with Gasteiger partial charge in [0.1, 0.15) is 11.5 Å². The number of carbonyl (C=O) groups is 2. The van der Waals surface area contributed by atoms with Crippen LogP contribution in [0.15, 0.2) is 66.7 Å². The number of anilines is 2. The van der Waals surface area contributed by atoms with Gasteiger partial charge in [-0.1, -0.05) is 18.2 Å². The zero-order chi connectivity index (χ0) is 19.2. The lowest BCUT2D eigenvalue weighted by molar-refractivity contribution is -0.105. The van der Waals surface area contributed by atoms with Crippen LogP contribution >= 0.6 is 0 Å². The molecule has 0 aliphatic heterocycles. The van der Waals surface area contributed by atoms with Gasteiger partial charge in [0.15, 0.2) is 5.75 Å². The summed E-state index contributed by atoms with van der Waals surface area (Å²) in [5.74, 6) is 0.589. The topological polar surface area (TPSA) is 87.7 Å². The Bertz CT molecular complexity index is 968. The van der Waals surface area contributed by atoms with Crippen molar-refractivity contribution < 1.29 is 19.4 Å². The van der Waals surface area contributed by atoms with E-state index < -0.39 is 5.91 Å². The number of rotatable bonds is 6. The molecule has 0 aliphatic rings. The predicted octanol–water partition coefficient (Wildman–Crippen LogP) is 4.31. The summed E-state index contributed by atoms with van der Waals surface area (Å²) in [6.45, 7) is 1.99. The summed E-state index contributed by atoms with van der Waals surface area (Å²) in [7, 11) is 0. The highest BCUT2D eigenvalue weighted by Crippen LogP contribution is 2.28. The molecule has 0 bridgehead atoms. The number of aryl methyl sites for hydroxylation is 1. The Morgan fingerprint density at radius 2 is 1.74 bits per heavy atom. The van der Waals surface area contributed by atoms with Gasteiger partial charge >= 0.3 is 0 Å². The van der Waals surface area contributed by atoms with E-state index in [0.29, 0.717) is 17.8 Å². The minimum absolute atomic E-state index is 0.0573. The second-order valence-electron chi connectivity index (χ2n) is 5.86. The molecule has 0 fully saturated rings. The van der Waals surface area contributed by atoms with Crippen LogP contribution in [0.2, 0.25) is 0 Å². The van der Waals surface area contributed by atoms with Gasteiger partial charge in [0.25, 0.3) is 5.91 Å². The molecule has 27 heavy (non-hydrogen) atoms. The summed E-state index contributed by atoms with van der Waals surface area (Å²) in [5, 5.41) is 15.1. The average molecular weight is 362 g/mol. The van der Waals surface area contributed by atoms with Crippen molar-refractivity contribution in [3.8, 4) is 17.2 Å². The SMILES string of the molecule is Cc1cccc(Oc2ccc(NC(=O)c3cccc(NC=O)c3O)cc2)c1. The lowest BCUT2D eigenvalue weighted by atomic mass is 10.1. The molecule has 3 aromatic carbocycles. The first-order valence-electron chi connectivity index (χ1n) is 8.25. The van der Waals surface area contributed by atoms with E-state index in [9.17, 15) is 14.7 Å². The number of carbonyl (C=O) groups excluding carboxylic acids is 2. The molecule has 0 aromatic heterocycles. The molecule has 6 nitrogen and oxygen atoms in total. The number of benzene rings is 3. The third-order valence-electron chi connectivity index (χ3n) is 3.83. The van der Waals surface area contributed by atoms with Crippen LogP contribution in [0, 0.1) is 6.92 Å². The lowest BCUT2D eigenvalue weighted by Crippen LogP contribution is -2.12. The number of nitrogens with one attached hydrogen (secondary N) is 2. The van der Waals surface area contributed by atoms with Crippen molar-refractivity contribution in [1.29, 1.82) is 0 Å². The van der Waals surface area contributed by atoms with E-state index >= 15 is 0 Å². The van der Waals surface area contributed by atoms with Crippen LogP contribution in [0.5, 0.6) is 17.2 Å². The summed E-state index contributed by atoms with van der Waals surface area (Å²) >= 11 is 0. The largest absolute Gasteiger partial charge is 0.505 e. The van der Waals surface area contributed by atoms with Crippen LogP contribution < -0.4 is 15.4 Å². The molecule has 0 unspecified atom stereocenters. The fourth-order valence-corrected chi connectivity index (χ4v) is 2.53. The summed E-state index contributed by atoms with van der Waals surface area (Å²) in [5.41, 5.74) is 1.87. The second kappa shape index (κ2) is 8.05. The molecular formula is C21H18N2O4. The molecule has 3 aromatic rings. The molecule has 2 amide bonds. The van der Waals surface area contributed by atoms with Crippen molar-refractivity contribution in [2.24, 2.45) is 0 Å². The Morgan fingerprint density at radius 1 is 1.00 bits per heavy atom. The number of aromatic hydroxyl groups is 1. The molecule has 0 atom stereocenters. The van der Waals surface area contributed by atoms with Crippen molar-refractivity contribution >= 4 is 23.7 Å². The van der Waals surface area contributed by atoms with Crippen molar-refractivity contribution in [3.63, 3.8) is 0 Å². The third kappa shape index (κ3) is 4.43. The molecule has 0 spiro atoms. The normalized spacial score (nSPS) is 10.1. The first-order valence-corrected chi connectivity index (χ1v) is 8.25. The molecule has 0 saturated heterocycles. The zero-order valence-electron chi connectivity index (χ0n) is 14.6. The van der Waals surface area contributed by atoms with Crippen LogP contribution in [-0.2, 0) is 4.79 Å². The van der Waals surface area contributed by atoms with Gasteiger partial charge in [-0.15, -0.1) is 0 Å². The fourth-order valence-electron chi connectivity index (χ4n) is 2.53. The molecule has 136 valence electrons. The quantitative estimate of drug-likeness (QED) is 0.450. The maximum absolute atomic E-state index is 12.4. The van der Waals surface area contributed by atoms with Crippen molar-refractivity contribution in [3.05, 3.63) is 77.9 Å². The Morgan fingerprint density at radius 3 is 2.44 bits per heavy atom. The highest BCUT2D eigenvalue weighted by molar-refractivity contribution is 6.07. The highest BCUT2D eigenvalue weighted by Gasteiger charge is 2.14. The summed E-state index contributed by atoms with van der Waals surface area (Å²) < 4.78 is 5.77. The maximum atomic E-state index is 12.4. The first kappa shape index (κ1) is 18.0. The van der Waals surface area contributed by atoms with E-state index in [1.807, 2.05) is 31.2 Å². The van der Waals surface area contributed by atoms with Gasteiger partial charge < -0.3 is 20.5 Å². The van der Waals surface area contributed by atoms with Crippen LogP contribution in [0.25, 0.3) is 0 Å². The van der Waals surface area contributed by atoms with E-state index in [1.54, 1.807) is 30.3 Å². The van der Waals surface area contributed by atoms with Crippen LogP contribution in [0.4, 0.5) is 11.4 Å². The van der Waals surface area contributed by atoms with Crippen molar-refractivity contribution in [1.82, 2.24) is 0 Å². The summed E-state index contributed by atoms with van der Waals surface area (Å²) in [4.78, 5) is 22.9. The van der Waals surface area contributed by atoms with Crippen LogP contribution in [-0.4, -0.2) is 17.4 Å². The minimum atomic E-state index is -0.491. The van der Waals surface area contributed by atoms with E-state index in [0.717, 1.165) is 11.3 Å². The number of phenolic OH excluding ortho intramolecular Hbond substituents is 1. The first-order chi connectivity index (χ1) is 13.1. The molecule has 3 N–H and O–H groups in total. The molecule has 6 heteroatoms. The van der Waals surface area contributed by atoms with E-state index in [2.05, 4.69) is 10.6 Å². The Labute approximate surface area is 156 Å². The third-order valence-corrected chi connectivity index (χ3v) is 3.83. The van der Waals surface area contributed by atoms with E-state index in [1.165, 1.54) is 12.1 Å². The number of hydrogen-bond acceptors (Lipinski definition) is 4. The average Bonchev–Trinajstić information content (AvgIpc) is 2.65. The number of hydrogen-bond donors (Lipinski definition) is 3. The molecule has 0 radical (unpaired) electrons. The second-order valence-corrected chi connectivity index (χ2v) is 5.86. The predicted molar refractivity (Wildman–Crippen MR) is 103 cm³/mol. The molecule has 3 rings (SSSR count). The Balaban J connectivity index is 1.70. The van der Waals surface area contributed by atoms with Gasteiger partial charge in [-0.2, -0.15) is 0 Å². The monoisotopic (exact) mass is 362 g/mol. The summed E-state index contributed by atoms with van der Waals surface area (Å²) in [6.07, 6.45) is 0.434. The van der Waals surface area contributed by atoms with Crippen molar-refractivity contribution in [2.45, 2.75) is 6.92 Å². The molecule has 0 heterocycles. The van der Waals surface area contributed by atoms with Gasteiger partial charge in [0, 0.05) is 5.69 Å². The van der Waals surface area contributed by atoms with Crippen LogP contribution in [0.1, 0.15) is 15.9 Å². The molecule has 0 saturated carbocycles. The Hall–Kier alpha value is -3.80. The van der Waals surface area contributed by atoms with E-state index in [4.69, 9.17) is 4.74 Å². The van der Waals surface area contributed by atoms with Gasteiger partial charge in [-0.05, 0) is 61.0 Å². The zero-order valence-corrected chi connectivity index (χ0v) is 14.6. The van der Waals surface area contributed by atoms with Gasteiger partial charge in [0.05, 0.1) is 11.3 Å². The van der Waals surface area contributed by atoms with Gasteiger partial charge in [-0.3, -0.25) is 9.59 Å². The highest BCUT2D eigenvalue weighted by atomic mass is 16.5. The fraction of sp³-hybridized carbons (Fsp3) is 0.0476. The van der Waals surface area contributed by atoms with Gasteiger partial charge in [0.2, 0.25) is 6.41 Å². The Kier molecular flexibility index (Phi) is 5.37. The molecule has 0 aliphatic carbocycles. The maximum Gasteiger partial charge on any atom is 0.259 e. The number of para-hydroxylation sites is 1. The van der Waals surface area contributed by atoms with E-state index in [-0.39, 0.29) is 17.0 Å². The smallest absolute Gasteiger partial charge is 0.259 e. The number of ether oxygens (including phenoxy) is 1. The minimum Gasteiger partial charge on any atom is -0.505 e. The summed E-state index contributed by atoms with van der Waals surface area (Å²) in [6, 6.07) is 19.1. The van der Waals surface area contributed by atoms with Gasteiger partial charge in [-0.25, -0.2) is 0 Å². The molecular weight excluding hydrogens is 344 g/mol. The van der Waals surface area contributed by atoms with Crippen molar-refractivity contribution in [2.75, 3.05) is 10.6 Å². The van der Waals surface area contributed by atoms with Crippen LogP contribution in [0.3, 0.4) is 0 Å².